The van der Waals surface area contributed by atoms with Gasteiger partial charge in [0.25, 0.3) is 0 Å². The zero-order chi connectivity index (χ0) is 30.1. The number of aromatic nitrogens is 2. The molecule has 0 saturated heterocycles. The van der Waals surface area contributed by atoms with Gasteiger partial charge in [-0.15, -0.1) is 0 Å². The first-order valence-corrected chi connectivity index (χ1v) is 14.1. The summed E-state index contributed by atoms with van der Waals surface area (Å²) in [5, 5.41) is 13.2. The topological polar surface area (TPSA) is 200 Å². The minimum atomic E-state index is -0.927. The van der Waals surface area contributed by atoms with Crippen LogP contribution < -0.4 is 32.3 Å². The number of H-pyrrole nitrogens is 1. The lowest BCUT2D eigenvalue weighted by atomic mass is 9.96. The molecule has 0 aliphatic rings. The van der Waals surface area contributed by atoms with Crippen molar-refractivity contribution >= 4 is 29.5 Å². The van der Waals surface area contributed by atoms with Gasteiger partial charge in [0.05, 0.1) is 25.5 Å². The van der Waals surface area contributed by atoms with E-state index < -0.39 is 41.8 Å². The molecule has 0 aromatic carbocycles. The summed E-state index contributed by atoms with van der Waals surface area (Å²) in [7, 11) is 0. The zero-order valence-electron chi connectivity index (χ0n) is 24.5. The van der Waals surface area contributed by atoms with Gasteiger partial charge >= 0.3 is 0 Å². The van der Waals surface area contributed by atoms with Crippen molar-refractivity contribution in [3.63, 3.8) is 0 Å². The maximum atomic E-state index is 13.3. The van der Waals surface area contributed by atoms with Crippen molar-refractivity contribution in [1.82, 2.24) is 36.6 Å². The standard InChI is InChI=1S/C27H48N8O5/c1-6-8-9-10-30-22(36)14-31-23(37)15-32-26(39)21(11-17(3)4)34-27(40)24(18(5)7-2)35-25(38)20(28)12-19-13-29-16-33-19/h13,16-18,20-21,24H,6-12,14-15,28H2,1-5H3,(H,29,33)(H,30,36)(H,31,37)(H,32,39)(H,34,40)(H,35,38)/t18?,20-,21-,24-/m1/s1. The van der Waals surface area contributed by atoms with Crippen LogP contribution in [0.25, 0.3) is 0 Å². The van der Waals surface area contributed by atoms with Crippen molar-refractivity contribution in [1.29, 1.82) is 0 Å². The Hall–Kier alpha value is -3.48. The normalized spacial score (nSPS) is 14.0. The van der Waals surface area contributed by atoms with Crippen LogP contribution in [0.4, 0.5) is 0 Å². The monoisotopic (exact) mass is 564 g/mol. The van der Waals surface area contributed by atoms with Gasteiger partial charge < -0.3 is 37.3 Å². The van der Waals surface area contributed by atoms with E-state index in [-0.39, 0.29) is 37.3 Å². The number of carbonyl (C=O) groups excluding carboxylic acids is 5. The summed E-state index contributed by atoms with van der Waals surface area (Å²) in [5.41, 5.74) is 6.73. The van der Waals surface area contributed by atoms with E-state index >= 15 is 0 Å². The number of nitrogens with zero attached hydrogens (tertiary/aromatic N) is 1. The van der Waals surface area contributed by atoms with Gasteiger partial charge in [0.1, 0.15) is 12.1 Å². The van der Waals surface area contributed by atoms with E-state index in [4.69, 9.17) is 5.73 Å². The molecule has 0 saturated carbocycles. The average molecular weight is 565 g/mol. The summed E-state index contributed by atoms with van der Waals surface area (Å²) in [4.78, 5) is 69.8. The first-order valence-electron chi connectivity index (χ1n) is 14.1. The second kappa shape index (κ2) is 18.7. The Labute approximate surface area is 237 Å². The van der Waals surface area contributed by atoms with Crippen LogP contribution in [-0.4, -0.2) is 77.3 Å². The molecule has 0 aliphatic heterocycles. The Balaban J connectivity index is 2.70. The molecule has 13 heteroatoms. The molecule has 1 heterocycles. The molecule has 40 heavy (non-hydrogen) atoms. The minimum absolute atomic E-state index is 0.0562. The third-order valence-electron chi connectivity index (χ3n) is 6.44. The summed E-state index contributed by atoms with van der Waals surface area (Å²) >= 11 is 0. The van der Waals surface area contributed by atoms with Crippen molar-refractivity contribution in [3.8, 4) is 0 Å². The van der Waals surface area contributed by atoms with Crippen molar-refractivity contribution in [2.45, 2.75) is 91.3 Å². The Kier molecular flexibility index (Phi) is 16.2. The van der Waals surface area contributed by atoms with Crippen LogP contribution in [0, 0.1) is 11.8 Å². The lowest BCUT2D eigenvalue weighted by Crippen LogP contribution is -2.58. The highest BCUT2D eigenvalue weighted by atomic mass is 16.2. The zero-order valence-corrected chi connectivity index (χ0v) is 24.5. The van der Waals surface area contributed by atoms with E-state index in [1.54, 1.807) is 6.20 Å². The second-order valence-corrected chi connectivity index (χ2v) is 10.5. The lowest BCUT2D eigenvalue weighted by molar-refractivity contribution is -0.134. The third-order valence-corrected chi connectivity index (χ3v) is 6.44. The number of nitrogens with two attached hydrogens (primary N) is 1. The molecule has 1 aromatic rings. The van der Waals surface area contributed by atoms with Gasteiger partial charge in [0.2, 0.25) is 29.5 Å². The van der Waals surface area contributed by atoms with Crippen molar-refractivity contribution in [2.75, 3.05) is 19.6 Å². The fraction of sp³-hybridized carbons (Fsp3) is 0.704. The van der Waals surface area contributed by atoms with Gasteiger partial charge in [0, 0.05) is 24.9 Å². The van der Waals surface area contributed by atoms with Gasteiger partial charge in [-0.3, -0.25) is 24.0 Å². The summed E-state index contributed by atoms with van der Waals surface area (Å²) in [5.74, 6) is -2.55. The van der Waals surface area contributed by atoms with Crippen LogP contribution in [0.3, 0.4) is 0 Å². The Morgan fingerprint density at radius 3 is 2.17 bits per heavy atom. The molecule has 8 N–H and O–H groups in total. The molecule has 1 aromatic heterocycles. The van der Waals surface area contributed by atoms with E-state index in [0.29, 0.717) is 25.1 Å². The predicted molar refractivity (Wildman–Crippen MR) is 152 cm³/mol. The molecule has 1 unspecified atom stereocenters. The number of imidazole rings is 1. The number of carbonyl (C=O) groups is 5. The van der Waals surface area contributed by atoms with Gasteiger partial charge in [-0.05, 0) is 24.7 Å². The molecule has 0 radical (unpaired) electrons. The first-order chi connectivity index (χ1) is 19.0. The molecule has 0 bridgehead atoms. The Bertz CT molecular complexity index is 937. The number of amides is 5. The number of hydrogen-bond donors (Lipinski definition) is 7. The minimum Gasteiger partial charge on any atom is -0.355 e. The number of unbranched alkanes of at least 4 members (excludes halogenated alkanes) is 2. The predicted octanol–water partition coefficient (Wildman–Crippen LogP) is -0.120. The first kappa shape index (κ1) is 34.5. The maximum Gasteiger partial charge on any atom is 0.243 e. The molecule has 4 atom stereocenters. The fourth-order valence-electron chi connectivity index (χ4n) is 3.85. The van der Waals surface area contributed by atoms with E-state index in [2.05, 4.69) is 43.5 Å². The van der Waals surface area contributed by atoms with Crippen LogP contribution in [0.15, 0.2) is 12.5 Å². The van der Waals surface area contributed by atoms with Crippen LogP contribution in [-0.2, 0) is 30.4 Å². The summed E-state index contributed by atoms with van der Waals surface area (Å²) in [6, 6.07) is -2.73. The molecule has 0 aliphatic carbocycles. The van der Waals surface area contributed by atoms with E-state index in [1.807, 2.05) is 27.7 Å². The van der Waals surface area contributed by atoms with Crippen LogP contribution in [0.1, 0.15) is 72.4 Å². The van der Waals surface area contributed by atoms with E-state index in [9.17, 15) is 24.0 Å². The summed E-state index contributed by atoms with van der Waals surface area (Å²) < 4.78 is 0. The molecule has 5 amide bonds. The molecule has 0 spiro atoms. The number of hydrogen-bond acceptors (Lipinski definition) is 7. The average Bonchev–Trinajstić information content (AvgIpc) is 3.43. The molecule has 1 rings (SSSR count). The van der Waals surface area contributed by atoms with Crippen molar-refractivity contribution < 1.29 is 24.0 Å². The van der Waals surface area contributed by atoms with Crippen LogP contribution >= 0.6 is 0 Å². The largest absolute Gasteiger partial charge is 0.355 e. The fourth-order valence-corrected chi connectivity index (χ4v) is 3.85. The van der Waals surface area contributed by atoms with Crippen molar-refractivity contribution in [3.05, 3.63) is 18.2 Å². The lowest BCUT2D eigenvalue weighted by Gasteiger charge is -2.28. The van der Waals surface area contributed by atoms with Gasteiger partial charge in [-0.2, -0.15) is 0 Å². The molecular weight excluding hydrogens is 516 g/mol. The Morgan fingerprint density at radius 2 is 1.57 bits per heavy atom. The quantitative estimate of drug-likeness (QED) is 0.114. The molecule has 0 fully saturated rings. The number of nitrogens with one attached hydrogen (secondary N) is 6. The maximum absolute atomic E-state index is 13.3. The molecular formula is C27H48N8O5. The van der Waals surface area contributed by atoms with Gasteiger partial charge in [-0.1, -0.05) is 53.9 Å². The SMILES string of the molecule is CCCCCNC(=O)CNC(=O)CNC(=O)[C@@H](CC(C)C)NC(=O)[C@H](NC(=O)[C@H](N)Cc1cnc[nH]1)C(C)CC. The molecule has 226 valence electrons. The smallest absolute Gasteiger partial charge is 0.243 e. The van der Waals surface area contributed by atoms with E-state index in [0.717, 1.165) is 19.3 Å². The van der Waals surface area contributed by atoms with Gasteiger partial charge in [-0.25, -0.2) is 4.98 Å². The highest BCUT2D eigenvalue weighted by molar-refractivity contribution is 5.94. The highest BCUT2D eigenvalue weighted by Crippen LogP contribution is 2.11. The number of aromatic amines is 1. The highest BCUT2D eigenvalue weighted by Gasteiger charge is 2.31. The Morgan fingerprint density at radius 1 is 0.900 bits per heavy atom. The summed E-state index contributed by atoms with van der Waals surface area (Å²) in [6.45, 7) is 9.60. The second-order valence-electron chi connectivity index (χ2n) is 10.5. The van der Waals surface area contributed by atoms with E-state index in [1.165, 1.54) is 6.33 Å². The summed E-state index contributed by atoms with van der Waals surface area (Å²) in [6.07, 6.45) is 7.13. The van der Waals surface area contributed by atoms with Crippen LogP contribution in [0.5, 0.6) is 0 Å². The third kappa shape index (κ3) is 13.5. The number of rotatable bonds is 19. The van der Waals surface area contributed by atoms with Gasteiger partial charge in [0.15, 0.2) is 0 Å². The van der Waals surface area contributed by atoms with Crippen LogP contribution in [0.2, 0.25) is 0 Å². The van der Waals surface area contributed by atoms with Crippen molar-refractivity contribution in [2.24, 2.45) is 17.6 Å². The molecule has 13 nitrogen and oxygen atoms in total.